The predicted molar refractivity (Wildman–Crippen MR) is 101 cm³/mol. The molecule has 0 saturated carbocycles. The van der Waals surface area contributed by atoms with Crippen LogP contribution in [-0.2, 0) is 10.0 Å². The molecule has 2 aromatic carbocycles. The molecular weight excluding hydrogens is 411 g/mol. The van der Waals surface area contributed by atoms with Crippen molar-refractivity contribution in [3.63, 3.8) is 0 Å². The van der Waals surface area contributed by atoms with Gasteiger partial charge in [0.1, 0.15) is 5.52 Å². The van der Waals surface area contributed by atoms with E-state index in [9.17, 15) is 8.42 Å². The minimum Gasteiger partial charge on any atom is -0.276 e. The fourth-order valence-corrected chi connectivity index (χ4v) is 5.56. The van der Waals surface area contributed by atoms with E-state index >= 15 is 0 Å². The predicted octanol–water partition coefficient (Wildman–Crippen LogP) is 5.67. The van der Waals surface area contributed by atoms with Gasteiger partial charge < -0.3 is 0 Å². The molecule has 0 fully saturated rings. The maximum atomic E-state index is 12.7. The lowest BCUT2D eigenvalue weighted by Gasteiger charge is -2.13. The van der Waals surface area contributed by atoms with Crippen LogP contribution in [-0.4, -0.2) is 13.4 Å². The lowest BCUT2D eigenvalue weighted by molar-refractivity contribution is 0.600. The monoisotopic (exact) mass is 420 g/mol. The first-order chi connectivity index (χ1) is 11.2. The first-order valence-corrected chi connectivity index (χ1v) is 10.2. The Kier molecular flexibility index (Phi) is 4.70. The quantitative estimate of drug-likeness (QED) is 0.592. The zero-order valence-electron chi connectivity index (χ0n) is 12.5. The Bertz CT molecular complexity index is 1060. The molecule has 0 atom stereocenters. The molecule has 24 heavy (non-hydrogen) atoms. The molecule has 3 aromatic rings. The van der Waals surface area contributed by atoms with Crippen LogP contribution in [0.3, 0.4) is 0 Å². The summed E-state index contributed by atoms with van der Waals surface area (Å²) >= 11 is 20.0. The van der Waals surface area contributed by atoms with Gasteiger partial charge in [0.25, 0.3) is 10.0 Å². The van der Waals surface area contributed by atoms with E-state index in [2.05, 4.69) is 9.71 Å². The number of aromatic nitrogens is 1. The number of rotatable bonds is 3. The molecule has 0 aliphatic heterocycles. The van der Waals surface area contributed by atoms with Crippen LogP contribution >= 0.6 is 46.1 Å². The third-order valence-electron chi connectivity index (χ3n) is 3.43. The van der Waals surface area contributed by atoms with Crippen molar-refractivity contribution in [1.82, 2.24) is 4.98 Å². The second-order valence-corrected chi connectivity index (χ2v) is 9.17. The van der Waals surface area contributed by atoms with Gasteiger partial charge in [0, 0.05) is 5.02 Å². The van der Waals surface area contributed by atoms with Crippen molar-refractivity contribution in [2.75, 3.05) is 4.72 Å². The molecule has 0 aliphatic carbocycles. The van der Waals surface area contributed by atoms with E-state index in [1.54, 1.807) is 25.1 Å². The lowest BCUT2D eigenvalue weighted by atomic mass is 10.2. The van der Waals surface area contributed by atoms with Crippen LogP contribution in [0.1, 0.15) is 10.6 Å². The van der Waals surface area contributed by atoms with Gasteiger partial charge in [-0.3, -0.25) is 4.72 Å². The second kappa shape index (κ2) is 6.35. The number of hydrogen-bond donors (Lipinski definition) is 1. The molecule has 1 N–H and O–H groups in total. The van der Waals surface area contributed by atoms with Crippen molar-refractivity contribution in [3.8, 4) is 0 Å². The van der Waals surface area contributed by atoms with Crippen molar-refractivity contribution < 1.29 is 8.42 Å². The summed E-state index contributed by atoms with van der Waals surface area (Å²) in [6, 6.07) is 6.31. The Hall–Kier alpha value is -1.05. The summed E-state index contributed by atoms with van der Waals surface area (Å²) in [6.45, 7) is 3.47. The van der Waals surface area contributed by atoms with Crippen LogP contribution in [0.2, 0.25) is 15.1 Å². The van der Waals surface area contributed by atoms with Gasteiger partial charge in [-0.15, -0.1) is 11.3 Å². The number of fused-ring (bicyclic) bond motifs is 1. The summed E-state index contributed by atoms with van der Waals surface area (Å²) in [5, 5.41) is 1.55. The number of anilines is 1. The van der Waals surface area contributed by atoms with Crippen LogP contribution in [0.15, 0.2) is 29.2 Å². The average Bonchev–Trinajstić information content (AvgIpc) is 2.87. The van der Waals surface area contributed by atoms with Crippen LogP contribution < -0.4 is 4.72 Å². The highest BCUT2D eigenvalue weighted by atomic mass is 35.5. The summed E-state index contributed by atoms with van der Waals surface area (Å²) in [4.78, 5) is 4.39. The molecule has 0 radical (unpaired) electrons. The largest absolute Gasteiger partial charge is 0.276 e. The van der Waals surface area contributed by atoms with Gasteiger partial charge >= 0.3 is 0 Å². The summed E-state index contributed by atoms with van der Waals surface area (Å²) in [5.41, 5.74) is 1.07. The van der Waals surface area contributed by atoms with E-state index in [4.69, 9.17) is 34.8 Å². The molecule has 9 heteroatoms. The second-order valence-electron chi connectivity index (χ2n) is 5.10. The minimum absolute atomic E-state index is 0.0664. The van der Waals surface area contributed by atoms with Crippen LogP contribution in [0.25, 0.3) is 10.2 Å². The number of hydrogen-bond acceptors (Lipinski definition) is 4. The number of sulfonamides is 1. The Morgan fingerprint density at radius 2 is 1.83 bits per heavy atom. The van der Waals surface area contributed by atoms with Crippen molar-refractivity contribution in [1.29, 1.82) is 0 Å². The molecule has 0 spiro atoms. The standard InChI is InChI=1S/C15H11Cl3N2O2S2/c1-7-9(16)4-3-5-12(7)24(21,22)20-14-10(17)6-11-15(13(14)18)19-8(2)23-11/h3-6,20H,1-2H3. The van der Waals surface area contributed by atoms with Gasteiger partial charge in [-0.05, 0) is 37.6 Å². The smallest absolute Gasteiger partial charge is 0.262 e. The highest BCUT2D eigenvalue weighted by molar-refractivity contribution is 7.92. The van der Waals surface area contributed by atoms with Gasteiger partial charge in [0.2, 0.25) is 0 Å². The van der Waals surface area contributed by atoms with Crippen molar-refractivity contribution >= 4 is 72.1 Å². The molecule has 1 heterocycles. The highest BCUT2D eigenvalue weighted by Crippen LogP contribution is 2.40. The Labute approximate surface area is 158 Å². The third-order valence-corrected chi connectivity index (χ3v) is 6.92. The summed E-state index contributed by atoms with van der Waals surface area (Å²) in [5.74, 6) is 0. The van der Waals surface area contributed by atoms with Crippen LogP contribution in [0.4, 0.5) is 5.69 Å². The van der Waals surface area contributed by atoms with Gasteiger partial charge in [0.05, 0.1) is 30.3 Å². The first-order valence-electron chi connectivity index (χ1n) is 6.74. The average molecular weight is 422 g/mol. The molecule has 0 unspecified atom stereocenters. The summed E-state index contributed by atoms with van der Waals surface area (Å²) in [7, 11) is -3.90. The van der Waals surface area contributed by atoms with Crippen LogP contribution in [0.5, 0.6) is 0 Å². The summed E-state index contributed by atoms with van der Waals surface area (Å²) < 4.78 is 28.7. The molecule has 4 nitrogen and oxygen atoms in total. The number of aryl methyl sites for hydroxylation is 1. The molecule has 0 amide bonds. The molecule has 3 rings (SSSR count). The topological polar surface area (TPSA) is 59.1 Å². The Morgan fingerprint density at radius 3 is 2.54 bits per heavy atom. The number of benzene rings is 2. The number of halogens is 3. The molecular formula is C15H11Cl3N2O2S2. The first kappa shape index (κ1) is 17.8. The third kappa shape index (κ3) is 3.09. The molecule has 0 saturated heterocycles. The zero-order chi connectivity index (χ0) is 17.6. The van der Waals surface area contributed by atoms with E-state index in [-0.39, 0.29) is 20.6 Å². The van der Waals surface area contributed by atoms with Gasteiger partial charge in [-0.2, -0.15) is 0 Å². The van der Waals surface area contributed by atoms with Crippen LogP contribution in [0, 0.1) is 13.8 Å². The number of nitrogens with one attached hydrogen (secondary N) is 1. The maximum Gasteiger partial charge on any atom is 0.262 e. The summed E-state index contributed by atoms with van der Waals surface area (Å²) in [6.07, 6.45) is 0. The van der Waals surface area contributed by atoms with E-state index < -0.39 is 10.0 Å². The van der Waals surface area contributed by atoms with E-state index in [1.807, 2.05) is 6.92 Å². The Balaban J connectivity index is 2.13. The highest BCUT2D eigenvalue weighted by Gasteiger charge is 2.23. The number of thiazole rings is 1. The molecule has 0 aliphatic rings. The molecule has 1 aromatic heterocycles. The van der Waals surface area contributed by atoms with E-state index in [0.717, 1.165) is 9.71 Å². The SMILES string of the molecule is Cc1nc2c(Cl)c(NS(=O)(=O)c3cccc(Cl)c3C)c(Cl)cc2s1. The van der Waals surface area contributed by atoms with Gasteiger partial charge in [-0.25, -0.2) is 13.4 Å². The molecule has 126 valence electrons. The molecule has 0 bridgehead atoms. The van der Waals surface area contributed by atoms with E-state index in [0.29, 0.717) is 16.1 Å². The number of nitrogens with zero attached hydrogens (tertiary/aromatic N) is 1. The minimum atomic E-state index is -3.90. The van der Waals surface area contributed by atoms with Crippen molar-refractivity contribution in [3.05, 3.63) is 49.9 Å². The van der Waals surface area contributed by atoms with E-state index in [1.165, 1.54) is 17.4 Å². The van der Waals surface area contributed by atoms with Crippen molar-refractivity contribution in [2.45, 2.75) is 18.7 Å². The Morgan fingerprint density at radius 1 is 1.12 bits per heavy atom. The fourth-order valence-electron chi connectivity index (χ4n) is 2.27. The maximum absolute atomic E-state index is 12.7. The fraction of sp³-hybridized carbons (Fsp3) is 0.133. The van der Waals surface area contributed by atoms with Crippen molar-refractivity contribution in [2.24, 2.45) is 0 Å². The lowest BCUT2D eigenvalue weighted by Crippen LogP contribution is -2.15. The van der Waals surface area contributed by atoms with Gasteiger partial charge in [0.15, 0.2) is 0 Å². The zero-order valence-corrected chi connectivity index (χ0v) is 16.4. The van der Waals surface area contributed by atoms with Gasteiger partial charge in [-0.1, -0.05) is 40.9 Å². The normalized spacial score (nSPS) is 11.9.